The number of hydrogen-bond donors (Lipinski definition) is 1. The summed E-state index contributed by atoms with van der Waals surface area (Å²) in [5.41, 5.74) is 3.37. The highest BCUT2D eigenvalue weighted by molar-refractivity contribution is 9.10. The predicted octanol–water partition coefficient (Wildman–Crippen LogP) is 3.97. The van der Waals surface area contributed by atoms with Crippen molar-refractivity contribution in [3.8, 4) is 0 Å². The van der Waals surface area contributed by atoms with Gasteiger partial charge in [0.05, 0.1) is 5.92 Å². The van der Waals surface area contributed by atoms with Gasteiger partial charge in [0.25, 0.3) is 0 Å². The Balaban J connectivity index is 1.39. The number of ether oxygens (including phenoxy) is 1. The summed E-state index contributed by atoms with van der Waals surface area (Å²) < 4.78 is 6.64. The van der Waals surface area contributed by atoms with E-state index in [1.807, 2.05) is 31.2 Å². The molecular weight excluding hydrogens is 456 g/mol. The van der Waals surface area contributed by atoms with Crippen LogP contribution in [0, 0.1) is 12.8 Å². The minimum atomic E-state index is -0.294. The summed E-state index contributed by atoms with van der Waals surface area (Å²) in [5.74, 6) is -0.272. The van der Waals surface area contributed by atoms with E-state index in [-0.39, 0.29) is 29.6 Å². The average Bonchev–Trinajstić information content (AvgIpc) is 3.14. The fourth-order valence-electron chi connectivity index (χ4n) is 4.56. The summed E-state index contributed by atoms with van der Waals surface area (Å²) in [7, 11) is 0. The van der Waals surface area contributed by atoms with Crippen molar-refractivity contribution in [2.75, 3.05) is 26.3 Å². The molecule has 2 aliphatic heterocycles. The van der Waals surface area contributed by atoms with Crippen molar-refractivity contribution in [3.63, 3.8) is 0 Å². The fraction of sp³-hybridized carbons (Fsp3) is 0.440. The number of amides is 2. The second-order valence-electron chi connectivity index (χ2n) is 8.78. The molecule has 2 aromatic carbocycles. The van der Waals surface area contributed by atoms with E-state index in [0.29, 0.717) is 32.8 Å². The van der Waals surface area contributed by atoms with Gasteiger partial charge in [0, 0.05) is 49.2 Å². The number of rotatable bonds is 6. The maximum atomic E-state index is 13.0. The normalized spacial score (nSPS) is 20.6. The lowest BCUT2D eigenvalue weighted by molar-refractivity contribution is -0.129. The van der Waals surface area contributed by atoms with Crippen molar-refractivity contribution in [3.05, 3.63) is 69.7 Å². The van der Waals surface area contributed by atoms with Gasteiger partial charge in [0.2, 0.25) is 11.8 Å². The van der Waals surface area contributed by atoms with Gasteiger partial charge in [-0.1, -0.05) is 57.9 Å². The Bertz CT molecular complexity index is 938. The van der Waals surface area contributed by atoms with Gasteiger partial charge in [0.15, 0.2) is 0 Å². The molecule has 0 bridgehead atoms. The second kappa shape index (κ2) is 9.53. The number of halogens is 1. The van der Waals surface area contributed by atoms with Crippen LogP contribution in [0.5, 0.6) is 0 Å². The number of hydrogen-bond acceptors (Lipinski definition) is 3. The molecule has 0 spiro atoms. The molecule has 1 atom stereocenters. The molecule has 2 heterocycles. The van der Waals surface area contributed by atoms with Gasteiger partial charge in [-0.05, 0) is 43.0 Å². The highest BCUT2D eigenvalue weighted by Gasteiger charge is 2.38. The average molecular weight is 485 g/mol. The monoisotopic (exact) mass is 484 g/mol. The molecule has 5 nitrogen and oxygen atoms in total. The molecule has 31 heavy (non-hydrogen) atoms. The predicted molar refractivity (Wildman–Crippen MR) is 124 cm³/mol. The molecule has 2 fully saturated rings. The van der Waals surface area contributed by atoms with Gasteiger partial charge in [-0.3, -0.25) is 9.59 Å². The van der Waals surface area contributed by atoms with Crippen molar-refractivity contribution < 1.29 is 14.3 Å². The Hall–Kier alpha value is -2.18. The van der Waals surface area contributed by atoms with Gasteiger partial charge in [-0.25, -0.2) is 0 Å². The van der Waals surface area contributed by atoms with Gasteiger partial charge in [-0.15, -0.1) is 0 Å². The highest BCUT2D eigenvalue weighted by Crippen LogP contribution is 2.35. The van der Waals surface area contributed by atoms with E-state index in [1.165, 1.54) is 11.1 Å². The van der Waals surface area contributed by atoms with Crippen LogP contribution in [0.4, 0.5) is 0 Å². The third kappa shape index (κ3) is 5.18. The Morgan fingerprint density at radius 3 is 2.65 bits per heavy atom. The van der Waals surface area contributed by atoms with Crippen molar-refractivity contribution in [2.45, 2.75) is 38.1 Å². The Morgan fingerprint density at radius 1 is 1.19 bits per heavy atom. The third-order valence-electron chi connectivity index (χ3n) is 6.57. The molecule has 2 aliphatic rings. The summed E-state index contributed by atoms with van der Waals surface area (Å²) in [4.78, 5) is 27.3. The highest BCUT2D eigenvalue weighted by atomic mass is 79.9. The van der Waals surface area contributed by atoms with Gasteiger partial charge in [-0.2, -0.15) is 0 Å². The molecule has 0 aromatic heterocycles. The molecule has 0 aliphatic carbocycles. The molecule has 6 heteroatoms. The van der Waals surface area contributed by atoms with Crippen LogP contribution in [0.15, 0.2) is 53.0 Å². The second-order valence-corrected chi connectivity index (χ2v) is 9.70. The molecule has 1 unspecified atom stereocenters. The molecular formula is C25H29BrN2O3. The lowest BCUT2D eigenvalue weighted by Crippen LogP contribution is -2.46. The number of carbonyl (C=O) groups excluding carboxylic acids is 2. The number of nitrogens with one attached hydrogen (secondary N) is 1. The van der Waals surface area contributed by atoms with Crippen LogP contribution in [-0.4, -0.2) is 43.0 Å². The van der Waals surface area contributed by atoms with Crippen LogP contribution < -0.4 is 5.32 Å². The Kier molecular flexibility index (Phi) is 6.77. The van der Waals surface area contributed by atoms with Crippen molar-refractivity contribution in [2.24, 2.45) is 5.92 Å². The first-order chi connectivity index (χ1) is 14.9. The van der Waals surface area contributed by atoms with Crippen LogP contribution in [0.3, 0.4) is 0 Å². The zero-order chi connectivity index (χ0) is 21.8. The van der Waals surface area contributed by atoms with Crippen molar-refractivity contribution in [1.29, 1.82) is 0 Å². The van der Waals surface area contributed by atoms with Crippen LogP contribution in [-0.2, 0) is 26.3 Å². The summed E-state index contributed by atoms with van der Waals surface area (Å²) in [6.07, 6.45) is 2.02. The summed E-state index contributed by atoms with van der Waals surface area (Å²) in [5, 5.41) is 3.18. The van der Waals surface area contributed by atoms with E-state index in [9.17, 15) is 9.59 Å². The summed E-state index contributed by atoms with van der Waals surface area (Å²) in [6, 6.07) is 16.5. The number of nitrogens with zero attached hydrogens (tertiary/aromatic N) is 1. The molecule has 4 rings (SSSR count). The van der Waals surface area contributed by atoms with E-state index >= 15 is 0 Å². The van der Waals surface area contributed by atoms with Gasteiger partial charge in [0.1, 0.15) is 0 Å². The van der Waals surface area contributed by atoms with E-state index in [0.717, 1.165) is 22.9 Å². The summed E-state index contributed by atoms with van der Waals surface area (Å²) >= 11 is 3.57. The first kappa shape index (κ1) is 22.0. The lowest BCUT2D eigenvalue weighted by atomic mass is 9.74. The molecule has 2 saturated heterocycles. The fourth-order valence-corrected chi connectivity index (χ4v) is 4.96. The number of carbonyl (C=O) groups is 2. The van der Waals surface area contributed by atoms with E-state index in [1.54, 1.807) is 4.90 Å². The minimum Gasteiger partial charge on any atom is -0.381 e. The number of likely N-dealkylation sites (tertiary alicyclic amines) is 1. The van der Waals surface area contributed by atoms with Crippen LogP contribution >= 0.6 is 15.9 Å². The van der Waals surface area contributed by atoms with Crippen molar-refractivity contribution >= 4 is 27.7 Å². The minimum absolute atomic E-state index is 0.0272. The molecule has 1 N–H and O–H groups in total. The van der Waals surface area contributed by atoms with Crippen LogP contribution in [0.1, 0.15) is 36.0 Å². The largest absolute Gasteiger partial charge is 0.381 e. The molecule has 0 radical (unpaired) electrons. The van der Waals surface area contributed by atoms with Gasteiger partial charge < -0.3 is 15.0 Å². The molecule has 0 saturated carbocycles. The van der Waals surface area contributed by atoms with E-state index in [2.05, 4.69) is 45.5 Å². The Morgan fingerprint density at radius 2 is 1.94 bits per heavy atom. The first-order valence-electron chi connectivity index (χ1n) is 10.9. The molecule has 164 valence electrons. The third-order valence-corrected chi connectivity index (χ3v) is 7.06. The lowest BCUT2D eigenvalue weighted by Gasteiger charge is -2.38. The maximum absolute atomic E-state index is 13.0. The standard InChI is InChI=1S/C25H29BrN2O3/c1-18-5-7-19(8-6-18)15-28-16-20(13-23(28)29)24(30)27-17-25(9-11-31-12-10-25)21-3-2-4-22(26)14-21/h2-8,14,20H,9-13,15-17H2,1H3,(H,27,30). The zero-order valence-corrected chi connectivity index (χ0v) is 19.5. The van der Waals surface area contributed by atoms with E-state index in [4.69, 9.17) is 4.74 Å². The quantitative estimate of drug-likeness (QED) is 0.674. The molecule has 2 amide bonds. The maximum Gasteiger partial charge on any atom is 0.225 e. The SMILES string of the molecule is Cc1ccc(CN2CC(C(=O)NCC3(c4cccc(Br)c4)CCOCC3)CC2=O)cc1. The van der Waals surface area contributed by atoms with Crippen molar-refractivity contribution in [1.82, 2.24) is 10.2 Å². The molecule has 2 aromatic rings. The van der Waals surface area contributed by atoms with Crippen LogP contribution in [0.25, 0.3) is 0 Å². The van der Waals surface area contributed by atoms with E-state index < -0.39 is 0 Å². The summed E-state index contributed by atoms with van der Waals surface area (Å²) in [6.45, 7) is 5.02. The van der Waals surface area contributed by atoms with Crippen LogP contribution in [0.2, 0.25) is 0 Å². The number of benzene rings is 2. The smallest absolute Gasteiger partial charge is 0.225 e. The topological polar surface area (TPSA) is 58.6 Å². The van der Waals surface area contributed by atoms with Gasteiger partial charge >= 0.3 is 0 Å². The first-order valence-corrected chi connectivity index (χ1v) is 11.7. The Labute approximate surface area is 192 Å². The zero-order valence-electron chi connectivity index (χ0n) is 17.9. The number of aryl methyl sites for hydroxylation is 1.